The lowest BCUT2D eigenvalue weighted by molar-refractivity contribution is 0.174. The van der Waals surface area contributed by atoms with Gasteiger partial charge < -0.3 is 15.2 Å². The molecule has 0 radical (unpaired) electrons. The van der Waals surface area contributed by atoms with E-state index in [1.54, 1.807) is 6.20 Å². The van der Waals surface area contributed by atoms with E-state index in [1.807, 2.05) is 24.3 Å². The molecule has 2 rings (SSSR count). The predicted octanol–water partition coefficient (Wildman–Crippen LogP) is 1.43. The topological polar surface area (TPSA) is 44.5 Å². The minimum atomic E-state index is 0.325. The molecule has 1 heterocycles. The van der Waals surface area contributed by atoms with Crippen LogP contribution in [0.2, 0.25) is 0 Å². The molecule has 0 spiro atoms. The van der Waals surface area contributed by atoms with Crippen LogP contribution in [-0.2, 0) is 6.42 Å². The second-order valence-corrected chi connectivity index (χ2v) is 2.82. The molecular formula is C10H11NO2. The summed E-state index contributed by atoms with van der Waals surface area (Å²) in [5, 5.41) is 0. The Labute approximate surface area is 76.8 Å². The van der Waals surface area contributed by atoms with Crippen molar-refractivity contribution >= 4 is 0 Å². The van der Waals surface area contributed by atoms with Gasteiger partial charge in [0.1, 0.15) is 0 Å². The zero-order chi connectivity index (χ0) is 9.10. The number of ether oxygens (including phenoxy) is 2. The molecule has 0 atom stereocenters. The monoisotopic (exact) mass is 177 g/mol. The summed E-state index contributed by atoms with van der Waals surface area (Å²) in [6.45, 7) is 0.325. The lowest BCUT2D eigenvalue weighted by Gasteiger charge is -1.98. The number of fused-ring (bicyclic) bond motifs is 1. The maximum atomic E-state index is 5.25. The van der Waals surface area contributed by atoms with Crippen LogP contribution in [0.4, 0.5) is 0 Å². The second kappa shape index (κ2) is 3.39. The van der Waals surface area contributed by atoms with Gasteiger partial charge in [-0.1, -0.05) is 12.1 Å². The maximum absolute atomic E-state index is 5.25. The Morgan fingerprint density at radius 3 is 3.00 bits per heavy atom. The molecule has 3 nitrogen and oxygen atoms in total. The summed E-state index contributed by atoms with van der Waals surface area (Å²) < 4.78 is 10.4. The minimum absolute atomic E-state index is 0.325. The zero-order valence-corrected chi connectivity index (χ0v) is 7.19. The standard InChI is InChI=1S/C10H11NO2/c11-5-1-2-8-3-4-9-10(6-8)13-7-12-9/h1,3-6H,2,7,11H2. The number of hydrogen-bond donors (Lipinski definition) is 1. The number of rotatable bonds is 2. The molecule has 0 unspecified atom stereocenters. The molecule has 0 fully saturated rings. The molecule has 3 heteroatoms. The van der Waals surface area contributed by atoms with E-state index in [0.29, 0.717) is 6.79 Å². The van der Waals surface area contributed by atoms with Gasteiger partial charge in [0.25, 0.3) is 0 Å². The van der Waals surface area contributed by atoms with Crippen molar-refractivity contribution in [3.63, 3.8) is 0 Å². The van der Waals surface area contributed by atoms with Crippen LogP contribution in [0.5, 0.6) is 11.5 Å². The van der Waals surface area contributed by atoms with Crippen LogP contribution in [0, 0.1) is 0 Å². The van der Waals surface area contributed by atoms with Crippen LogP contribution in [0.3, 0.4) is 0 Å². The van der Waals surface area contributed by atoms with E-state index in [-0.39, 0.29) is 0 Å². The van der Waals surface area contributed by atoms with Crippen molar-refractivity contribution in [1.29, 1.82) is 0 Å². The molecule has 1 aliphatic rings. The van der Waals surface area contributed by atoms with E-state index >= 15 is 0 Å². The number of hydrogen-bond acceptors (Lipinski definition) is 3. The first-order valence-corrected chi connectivity index (χ1v) is 4.15. The molecule has 0 amide bonds. The Bertz CT molecular complexity index is 334. The molecular weight excluding hydrogens is 166 g/mol. The van der Waals surface area contributed by atoms with E-state index in [4.69, 9.17) is 15.2 Å². The van der Waals surface area contributed by atoms with E-state index in [0.717, 1.165) is 17.9 Å². The van der Waals surface area contributed by atoms with Crippen molar-refractivity contribution in [2.75, 3.05) is 6.79 Å². The third kappa shape index (κ3) is 1.59. The number of benzene rings is 1. The predicted molar refractivity (Wildman–Crippen MR) is 49.6 cm³/mol. The van der Waals surface area contributed by atoms with E-state index in [1.165, 1.54) is 5.56 Å². The van der Waals surface area contributed by atoms with Crippen LogP contribution in [0.1, 0.15) is 5.56 Å². The zero-order valence-electron chi connectivity index (χ0n) is 7.19. The second-order valence-electron chi connectivity index (χ2n) is 2.82. The summed E-state index contributed by atoms with van der Waals surface area (Å²) in [5.41, 5.74) is 6.42. The van der Waals surface area contributed by atoms with Crippen molar-refractivity contribution in [2.45, 2.75) is 6.42 Å². The van der Waals surface area contributed by atoms with Gasteiger partial charge in [-0.05, 0) is 30.3 Å². The Kier molecular flexibility index (Phi) is 2.08. The molecule has 0 saturated heterocycles. The summed E-state index contributed by atoms with van der Waals surface area (Å²) >= 11 is 0. The molecule has 0 bridgehead atoms. The first kappa shape index (κ1) is 7.98. The third-order valence-corrected chi connectivity index (χ3v) is 1.93. The highest BCUT2D eigenvalue weighted by Crippen LogP contribution is 2.32. The Morgan fingerprint density at radius 1 is 1.31 bits per heavy atom. The highest BCUT2D eigenvalue weighted by molar-refractivity contribution is 5.44. The highest BCUT2D eigenvalue weighted by atomic mass is 16.7. The minimum Gasteiger partial charge on any atom is -0.454 e. The molecule has 0 aliphatic carbocycles. The van der Waals surface area contributed by atoms with E-state index < -0.39 is 0 Å². The average Bonchev–Trinajstić information content (AvgIpc) is 2.61. The van der Waals surface area contributed by atoms with Gasteiger partial charge >= 0.3 is 0 Å². The smallest absolute Gasteiger partial charge is 0.231 e. The summed E-state index contributed by atoms with van der Waals surface area (Å²) in [6, 6.07) is 5.90. The van der Waals surface area contributed by atoms with Gasteiger partial charge in [0.15, 0.2) is 11.5 Å². The van der Waals surface area contributed by atoms with Crippen LogP contribution < -0.4 is 15.2 Å². The molecule has 68 valence electrons. The quantitative estimate of drug-likeness (QED) is 0.743. The summed E-state index contributed by atoms with van der Waals surface area (Å²) in [6.07, 6.45) is 4.27. The number of nitrogens with two attached hydrogens (primary N) is 1. The normalized spacial score (nSPS) is 13.8. The lowest BCUT2D eigenvalue weighted by atomic mass is 10.1. The molecule has 2 N–H and O–H groups in total. The molecule has 1 aromatic rings. The maximum Gasteiger partial charge on any atom is 0.231 e. The van der Waals surface area contributed by atoms with Crippen molar-refractivity contribution in [3.8, 4) is 11.5 Å². The van der Waals surface area contributed by atoms with Crippen molar-refractivity contribution in [2.24, 2.45) is 5.73 Å². The number of allylic oxidation sites excluding steroid dienone is 1. The third-order valence-electron chi connectivity index (χ3n) is 1.93. The van der Waals surface area contributed by atoms with Gasteiger partial charge in [-0.25, -0.2) is 0 Å². The summed E-state index contributed by atoms with van der Waals surface area (Å²) in [5.74, 6) is 1.64. The van der Waals surface area contributed by atoms with Crippen LogP contribution in [0.25, 0.3) is 0 Å². The van der Waals surface area contributed by atoms with Crippen molar-refractivity contribution < 1.29 is 9.47 Å². The molecule has 1 aromatic carbocycles. The SMILES string of the molecule is NC=CCc1ccc2c(c1)OCO2. The fraction of sp³-hybridized carbons (Fsp3) is 0.200. The first-order chi connectivity index (χ1) is 6.40. The van der Waals surface area contributed by atoms with E-state index in [2.05, 4.69) is 0 Å². The molecule has 0 saturated carbocycles. The summed E-state index contributed by atoms with van der Waals surface area (Å²) in [4.78, 5) is 0. The Balaban J connectivity index is 2.20. The average molecular weight is 177 g/mol. The van der Waals surface area contributed by atoms with Crippen molar-refractivity contribution in [1.82, 2.24) is 0 Å². The Hall–Kier alpha value is -1.64. The van der Waals surface area contributed by atoms with Gasteiger partial charge in [0.2, 0.25) is 6.79 Å². The van der Waals surface area contributed by atoms with Gasteiger partial charge in [-0.2, -0.15) is 0 Å². The van der Waals surface area contributed by atoms with Crippen LogP contribution in [-0.4, -0.2) is 6.79 Å². The van der Waals surface area contributed by atoms with E-state index in [9.17, 15) is 0 Å². The van der Waals surface area contributed by atoms with Gasteiger partial charge in [0, 0.05) is 0 Å². The van der Waals surface area contributed by atoms with Crippen molar-refractivity contribution in [3.05, 3.63) is 36.0 Å². The Morgan fingerprint density at radius 2 is 2.15 bits per heavy atom. The highest BCUT2D eigenvalue weighted by Gasteiger charge is 2.12. The van der Waals surface area contributed by atoms with Gasteiger partial charge in [-0.3, -0.25) is 0 Å². The summed E-state index contributed by atoms with van der Waals surface area (Å²) in [7, 11) is 0. The van der Waals surface area contributed by atoms with Crippen LogP contribution in [0.15, 0.2) is 30.5 Å². The molecule has 1 aliphatic heterocycles. The fourth-order valence-corrected chi connectivity index (χ4v) is 1.27. The first-order valence-electron chi connectivity index (χ1n) is 4.15. The van der Waals surface area contributed by atoms with Gasteiger partial charge in [0.05, 0.1) is 0 Å². The molecule has 13 heavy (non-hydrogen) atoms. The molecule has 0 aromatic heterocycles. The largest absolute Gasteiger partial charge is 0.454 e. The van der Waals surface area contributed by atoms with Gasteiger partial charge in [-0.15, -0.1) is 0 Å². The lowest BCUT2D eigenvalue weighted by Crippen LogP contribution is -1.92. The fourth-order valence-electron chi connectivity index (χ4n) is 1.27. The van der Waals surface area contributed by atoms with Crippen LogP contribution >= 0.6 is 0 Å².